The van der Waals surface area contributed by atoms with E-state index < -0.39 is 12.1 Å². The Morgan fingerprint density at radius 1 is 1.08 bits per heavy atom. The molecule has 0 radical (unpaired) electrons. The van der Waals surface area contributed by atoms with Crippen molar-refractivity contribution in [3.63, 3.8) is 0 Å². The first-order chi connectivity index (χ1) is 11.6. The van der Waals surface area contributed by atoms with Gasteiger partial charge in [0.05, 0.1) is 5.69 Å². The van der Waals surface area contributed by atoms with E-state index >= 15 is 0 Å². The van der Waals surface area contributed by atoms with Crippen molar-refractivity contribution in [1.29, 1.82) is 0 Å². The average molecular weight is 332 g/mol. The van der Waals surface area contributed by atoms with Crippen molar-refractivity contribution in [2.75, 3.05) is 0 Å². The Morgan fingerprint density at radius 2 is 1.83 bits per heavy atom. The lowest BCUT2D eigenvalue weighted by Gasteiger charge is -2.14. The van der Waals surface area contributed by atoms with Crippen LogP contribution in [0.3, 0.4) is 0 Å². The van der Waals surface area contributed by atoms with E-state index in [1.54, 1.807) is 24.3 Å². The van der Waals surface area contributed by atoms with Gasteiger partial charge in [-0.2, -0.15) is 9.36 Å². The number of ether oxygens (including phenoxy) is 1. The van der Waals surface area contributed by atoms with Crippen LogP contribution in [-0.4, -0.2) is 19.8 Å². The van der Waals surface area contributed by atoms with Crippen LogP contribution in [0, 0.1) is 0 Å². The van der Waals surface area contributed by atoms with Crippen LogP contribution in [0.1, 0.15) is 17.6 Å². The summed E-state index contributed by atoms with van der Waals surface area (Å²) >= 11 is 0. The summed E-state index contributed by atoms with van der Waals surface area (Å²) in [4.78, 5) is 12.0. The third-order valence-electron chi connectivity index (χ3n) is 3.50. The minimum Gasteiger partial charge on any atom is -0.489 e. The zero-order chi connectivity index (χ0) is 17.1. The van der Waals surface area contributed by atoms with Gasteiger partial charge in [0.15, 0.2) is 0 Å². The standard InChI is InChI=1S/C16H14F2N4O2/c1-21-16(23)22(20-19-21)14-9-5-8-12(15(17)18)13(14)10-24-11-6-3-2-4-7-11/h2-9,15H,10H2,1H3. The van der Waals surface area contributed by atoms with Crippen molar-refractivity contribution < 1.29 is 13.5 Å². The quantitative estimate of drug-likeness (QED) is 0.720. The number of aryl methyl sites for hydroxylation is 1. The molecule has 0 fully saturated rings. The highest BCUT2D eigenvalue weighted by Gasteiger charge is 2.20. The van der Waals surface area contributed by atoms with Crippen LogP contribution < -0.4 is 10.4 Å². The predicted molar refractivity (Wildman–Crippen MR) is 82.3 cm³/mol. The molecule has 0 bridgehead atoms. The summed E-state index contributed by atoms with van der Waals surface area (Å²) in [7, 11) is 1.43. The van der Waals surface area contributed by atoms with E-state index in [0.717, 1.165) is 9.36 Å². The zero-order valence-electron chi connectivity index (χ0n) is 12.8. The maximum atomic E-state index is 13.4. The molecular formula is C16H14F2N4O2. The first-order valence-corrected chi connectivity index (χ1v) is 7.15. The van der Waals surface area contributed by atoms with Gasteiger partial charge in [0, 0.05) is 18.2 Å². The summed E-state index contributed by atoms with van der Waals surface area (Å²) < 4.78 is 34.3. The molecule has 0 saturated carbocycles. The molecule has 8 heteroatoms. The van der Waals surface area contributed by atoms with Gasteiger partial charge in [0.1, 0.15) is 12.4 Å². The Hall–Kier alpha value is -3.03. The highest BCUT2D eigenvalue weighted by atomic mass is 19.3. The van der Waals surface area contributed by atoms with Gasteiger partial charge >= 0.3 is 5.69 Å². The molecule has 3 aromatic rings. The van der Waals surface area contributed by atoms with Crippen molar-refractivity contribution in [1.82, 2.24) is 19.8 Å². The van der Waals surface area contributed by atoms with Gasteiger partial charge in [-0.25, -0.2) is 13.6 Å². The number of nitrogens with zero attached hydrogens (tertiary/aromatic N) is 4. The summed E-state index contributed by atoms with van der Waals surface area (Å²) in [5, 5.41) is 7.33. The molecule has 0 amide bonds. The van der Waals surface area contributed by atoms with Gasteiger partial charge in [-0.15, -0.1) is 0 Å². The monoisotopic (exact) mass is 332 g/mol. The van der Waals surface area contributed by atoms with Gasteiger partial charge in [-0.05, 0) is 28.6 Å². The molecular weight excluding hydrogens is 318 g/mol. The average Bonchev–Trinajstić information content (AvgIpc) is 2.92. The molecule has 124 valence electrons. The number of halogens is 2. The molecule has 24 heavy (non-hydrogen) atoms. The molecule has 0 aliphatic carbocycles. The molecule has 0 aliphatic rings. The maximum absolute atomic E-state index is 13.4. The Balaban J connectivity index is 2.04. The van der Waals surface area contributed by atoms with E-state index in [4.69, 9.17) is 4.74 Å². The largest absolute Gasteiger partial charge is 0.489 e. The van der Waals surface area contributed by atoms with Crippen LogP contribution in [0.15, 0.2) is 53.3 Å². The first kappa shape index (κ1) is 15.9. The second-order valence-electron chi connectivity index (χ2n) is 5.04. The lowest BCUT2D eigenvalue weighted by atomic mass is 10.1. The van der Waals surface area contributed by atoms with Crippen molar-refractivity contribution in [2.24, 2.45) is 7.05 Å². The minimum atomic E-state index is -2.70. The van der Waals surface area contributed by atoms with E-state index in [1.807, 2.05) is 6.07 Å². The highest BCUT2D eigenvalue weighted by molar-refractivity contribution is 5.45. The van der Waals surface area contributed by atoms with Crippen LogP contribution in [0.25, 0.3) is 5.69 Å². The molecule has 3 rings (SSSR count). The van der Waals surface area contributed by atoms with Crippen molar-refractivity contribution >= 4 is 0 Å². The minimum absolute atomic E-state index is 0.122. The van der Waals surface area contributed by atoms with Crippen LogP contribution in [0.4, 0.5) is 8.78 Å². The summed E-state index contributed by atoms with van der Waals surface area (Å²) in [6.45, 7) is -0.122. The molecule has 0 spiro atoms. The van der Waals surface area contributed by atoms with E-state index in [2.05, 4.69) is 10.4 Å². The Labute approximate surface area is 135 Å². The van der Waals surface area contributed by atoms with Gasteiger partial charge < -0.3 is 4.74 Å². The van der Waals surface area contributed by atoms with E-state index in [-0.39, 0.29) is 23.4 Å². The Kier molecular flexibility index (Phi) is 4.37. The van der Waals surface area contributed by atoms with E-state index in [0.29, 0.717) is 5.75 Å². The Bertz CT molecular complexity index is 891. The summed E-state index contributed by atoms with van der Waals surface area (Å²) in [6, 6.07) is 13.1. The molecule has 0 atom stereocenters. The number of alkyl halides is 2. The molecule has 2 aromatic carbocycles. The lowest BCUT2D eigenvalue weighted by Crippen LogP contribution is -2.23. The molecule has 0 unspecified atom stereocenters. The molecule has 0 N–H and O–H groups in total. The predicted octanol–water partition coefficient (Wildman–Crippen LogP) is 2.48. The number of benzene rings is 2. The van der Waals surface area contributed by atoms with Crippen molar-refractivity contribution in [2.45, 2.75) is 13.0 Å². The second-order valence-corrected chi connectivity index (χ2v) is 5.04. The molecule has 6 nitrogen and oxygen atoms in total. The van der Waals surface area contributed by atoms with Crippen LogP contribution in [0.2, 0.25) is 0 Å². The second kappa shape index (κ2) is 6.61. The Morgan fingerprint density at radius 3 is 2.46 bits per heavy atom. The molecule has 1 aromatic heterocycles. The van der Waals surface area contributed by atoms with E-state index in [9.17, 15) is 13.6 Å². The fourth-order valence-electron chi connectivity index (χ4n) is 2.29. The van der Waals surface area contributed by atoms with Crippen LogP contribution in [0.5, 0.6) is 5.75 Å². The van der Waals surface area contributed by atoms with Crippen molar-refractivity contribution in [3.8, 4) is 11.4 Å². The summed E-state index contributed by atoms with van der Waals surface area (Å²) in [5.74, 6) is 0.541. The van der Waals surface area contributed by atoms with Crippen LogP contribution >= 0.6 is 0 Å². The number of tetrazole rings is 1. The summed E-state index contributed by atoms with van der Waals surface area (Å²) in [5.41, 5.74) is -0.316. The van der Waals surface area contributed by atoms with Gasteiger partial charge in [-0.1, -0.05) is 30.3 Å². The fourth-order valence-corrected chi connectivity index (χ4v) is 2.29. The first-order valence-electron chi connectivity index (χ1n) is 7.15. The van der Waals surface area contributed by atoms with Gasteiger partial charge in [0.25, 0.3) is 6.43 Å². The number of aromatic nitrogens is 4. The number of hydrogen-bond acceptors (Lipinski definition) is 4. The number of para-hydroxylation sites is 1. The number of rotatable bonds is 5. The molecule has 0 saturated heterocycles. The SMILES string of the molecule is Cn1nnn(-c2cccc(C(F)F)c2COc2ccccc2)c1=O. The summed E-state index contributed by atoms with van der Waals surface area (Å²) in [6.07, 6.45) is -2.70. The van der Waals surface area contributed by atoms with Gasteiger partial charge in [-0.3, -0.25) is 0 Å². The maximum Gasteiger partial charge on any atom is 0.368 e. The van der Waals surface area contributed by atoms with Gasteiger partial charge in [0.2, 0.25) is 0 Å². The lowest BCUT2D eigenvalue weighted by molar-refractivity contribution is 0.148. The van der Waals surface area contributed by atoms with Crippen LogP contribution in [-0.2, 0) is 13.7 Å². The normalized spacial score (nSPS) is 11.0. The molecule has 0 aliphatic heterocycles. The van der Waals surface area contributed by atoms with Crippen molar-refractivity contribution in [3.05, 3.63) is 70.1 Å². The third kappa shape index (κ3) is 3.03. The molecule has 1 heterocycles. The van der Waals surface area contributed by atoms with E-state index in [1.165, 1.54) is 25.2 Å². The zero-order valence-corrected chi connectivity index (χ0v) is 12.8. The highest BCUT2D eigenvalue weighted by Crippen LogP contribution is 2.28. The third-order valence-corrected chi connectivity index (χ3v) is 3.50. The number of hydrogen-bond donors (Lipinski definition) is 0. The smallest absolute Gasteiger partial charge is 0.368 e. The fraction of sp³-hybridized carbons (Fsp3) is 0.188. The topological polar surface area (TPSA) is 61.9 Å².